The van der Waals surface area contributed by atoms with Crippen LogP contribution >= 0.6 is 11.3 Å². The van der Waals surface area contributed by atoms with E-state index in [0.29, 0.717) is 11.1 Å². The number of thiophene rings is 1. The molecule has 1 aromatic heterocycles. The molecule has 12 heteroatoms. The molecule has 1 atom stereocenters. The molecule has 5 amide bonds. The molecule has 2 heterocycles. The Labute approximate surface area is 198 Å². The van der Waals surface area contributed by atoms with Gasteiger partial charge in [0.15, 0.2) is 0 Å². The van der Waals surface area contributed by atoms with Crippen LogP contribution in [-0.4, -0.2) is 54.8 Å². The number of nitrogens with one attached hydrogen (secondary N) is 3. The number of amides is 5. The highest BCUT2D eigenvalue weighted by Gasteiger charge is 2.49. The van der Waals surface area contributed by atoms with Crippen LogP contribution in [0.3, 0.4) is 0 Å². The predicted molar refractivity (Wildman–Crippen MR) is 121 cm³/mol. The van der Waals surface area contributed by atoms with Crippen molar-refractivity contribution in [3.63, 3.8) is 0 Å². The Kier molecular flexibility index (Phi) is 7.01. The van der Waals surface area contributed by atoms with E-state index in [0.717, 1.165) is 28.4 Å². The zero-order valence-electron chi connectivity index (χ0n) is 18.9. The van der Waals surface area contributed by atoms with Crippen LogP contribution in [0.1, 0.15) is 45.0 Å². The van der Waals surface area contributed by atoms with Gasteiger partial charge in [0.1, 0.15) is 22.9 Å². The molecule has 3 rings (SSSR count). The number of rotatable bonds is 7. The van der Waals surface area contributed by atoms with E-state index >= 15 is 0 Å². The summed E-state index contributed by atoms with van der Waals surface area (Å²) < 4.78 is 18.3. The minimum absolute atomic E-state index is 0.0205. The third-order valence-electron chi connectivity index (χ3n) is 5.31. The lowest BCUT2D eigenvalue weighted by molar-refractivity contribution is -0.133. The lowest BCUT2D eigenvalue weighted by Crippen LogP contribution is -2.42. The van der Waals surface area contributed by atoms with E-state index in [1.165, 1.54) is 26.1 Å². The van der Waals surface area contributed by atoms with Crippen molar-refractivity contribution in [2.24, 2.45) is 0 Å². The number of nitrogens with zero attached hydrogens (tertiary/aromatic N) is 1. The van der Waals surface area contributed by atoms with Gasteiger partial charge in [0.2, 0.25) is 5.91 Å². The Bertz CT molecular complexity index is 1180. The molecular formula is C22H23FN4O6S. The summed E-state index contributed by atoms with van der Waals surface area (Å²) in [6.07, 6.45) is 0. The number of benzene rings is 1. The largest absolute Gasteiger partial charge is 0.462 e. The third-order valence-corrected chi connectivity index (χ3v) is 6.52. The van der Waals surface area contributed by atoms with Crippen LogP contribution < -0.4 is 16.0 Å². The fraction of sp³-hybridized carbons (Fsp3) is 0.318. The smallest absolute Gasteiger partial charge is 0.341 e. The second kappa shape index (κ2) is 9.59. The third kappa shape index (κ3) is 4.49. The van der Waals surface area contributed by atoms with Gasteiger partial charge in [0.05, 0.1) is 17.0 Å². The Hall–Kier alpha value is -3.80. The highest BCUT2D eigenvalue weighted by molar-refractivity contribution is 7.18. The van der Waals surface area contributed by atoms with Gasteiger partial charge in [0.25, 0.3) is 11.8 Å². The summed E-state index contributed by atoms with van der Waals surface area (Å²) in [4.78, 5) is 63.8. The number of imide groups is 1. The molecule has 1 aliphatic rings. The van der Waals surface area contributed by atoms with Crippen LogP contribution in [0.2, 0.25) is 0 Å². The molecule has 1 aliphatic heterocycles. The Morgan fingerprint density at radius 1 is 1.21 bits per heavy atom. The molecule has 1 saturated heterocycles. The van der Waals surface area contributed by atoms with Gasteiger partial charge in [-0.2, -0.15) is 0 Å². The van der Waals surface area contributed by atoms with Crippen molar-refractivity contribution in [3.05, 3.63) is 51.7 Å². The van der Waals surface area contributed by atoms with Gasteiger partial charge in [-0.25, -0.2) is 14.0 Å². The van der Waals surface area contributed by atoms with Crippen molar-refractivity contribution in [1.29, 1.82) is 0 Å². The topological polar surface area (TPSA) is 134 Å². The molecule has 0 aliphatic carbocycles. The zero-order valence-corrected chi connectivity index (χ0v) is 19.7. The lowest BCUT2D eigenvalue weighted by atomic mass is 9.92. The summed E-state index contributed by atoms with van der Waals surface area (Å²) in [5.74, 6) is -3.13. The number of halogens is 1. The van der Waals surface area contributed by atoms with Gasteiger partial charge < -0.3 is 20.7 Å². The molecule has 0 spiro atoms. The Morgan fingerprint density at radius 3 is 2.44 bits per heavy atom. The highest BCUT2D eigenvalue weighted by atomic mass is 32.1. The van der Waals surface area contributed by atoms with Gasteiger partial charge in [-0.1, -0.05) is 12.1 Å². The summed E-state index contributed by atoms with van der Waals surface area (Å²) in [6, 6.07) is 4.27. The fourth-order valence-corrected chi connectivity index (χ4v) is 4.67. The van der Waals surface area contributed by atoms with Gasteiger partial charge in [-0.05, 0) is 44.0 Å². The van der Waals surface area contributed by atoms with E-state index in [1.807, 2.05) is 0 Å². The standard InChI is InChI=1S/C22H23FN4O6S/c1-5-33-19(30)15-11(2)16(17(29)24-4)34-18(15)25-14(28)10-27-20(31)22(3,26-21(27)32)12-6-8-13(23)9-7-12/h6-9H,5,10H2,1-4H3,(H,24,29)(H,25,28)(H,26,32). The monoisotopic (exact) mass is 490 g/mol. The molecule has 1 aromatic carbocycles. The first-order valence-electron chi connectivity index (χ1n) is 10.3. The number of carbonyl (C=O) groups is 5. The van der Waals surface area contributed by atoms with Crippen LogP contribution in [0.5, 0.6) is 0 Å². The molecule has 10 nitrogen and oxygen atoms in total. The van der Waals surface area contributed by atoms with Gasteiger partial charge in [0, 0.05) is 7.05 Å². The van der Waals surface area contributed by atoms with Crippen molar-refractivity contribution in [2.45, 2.75) is 26.3 Å². The SMILES string of the molecule is CCOC(=O)c1c(NC(=O)CN2C(=O)NC(C)(c3ccc(F)cc3)C2=O)sc(C(=O)NC)c1C. The predicted octanol–water partition coefficient (Wildman–Crippen LogP) is 2.14. The minimum atomic E-state index is -1.48. The first-order valence-corrected chi connectivity index (χ1v) is 11.1. The normalized spacial score (nSPS) is 17.4. The molecule has 180 valence electrons. The number of ether oxygens (including phenoxy) is 1. The molecule has 1 fully saturated rings. The van der Waals surface area contributed by atoms with Gasteiger partial charge in [-0.3, -0.25) is 19.3 Å². The summed E-state index contributed by atoms with van der Waals surface area (Å²) in [6.45, 7) is 4.06. The fourth-order valence-electron chi connectivity index (χ4n) is 3.51. The first-order chi connectivity index (χ1) is 16.0. The van der Waals surface area contributed by atoms with Crippen molar-refractivity contribution in [2.75, 3.05) is 25.5 Å². The number of hydrogen-bond donors (Lipinski definition) is 3. The van der Waals surface area contributed by atoms with Crippen LogP contribution in [0.25, 0.3) is 0 Å². The first kappa shape index (κ1) is 24.8. The second-order valence-electron chi connectivity index (χ2n) is 7.56. The van der Waals surface area contributed by atoms with E-state index in [2.05, 4.69) is 16.0 Å². The highest BCUT2D eigenvalue weighted by Crippen LogP contribution is 2.34. The second-order valence-corrected chi connectivity index (χ2v) is 8.58. The molecule has 0 saturated carbocycles. The molecule has 34 heavy (non-hydrogen) atoms. The number of hydrogen-bond acceptors (Lipinski definition) is 7. The van der Waals surface area contributed by atoms with E-state index in [-0.39, 0.29) is 22.0 Å². The Balaban J connectivity index is 1.83. The van der Waals surface area contributed by atoms with Crippen molar-refractivity contribution in [3.8, 4) is 0 Å². The van der Waals surface area contributed by atoms with Crippen LogP contribution in [0.15, 0.2) is 24.3 Å². The summed E-state index contributed by atoms with van der Waals surface area (Å²) >= 11 is 0.874. The lowest BCUT2D eigenvalue weighted by Gasteiger charge is -2.22. The molecule has 0 bridgehead atoms. The molecule has 0 radical (unpaired) electrons. The number of esters is 1. The minimum Gasteiger partial charge on any atom is -0.462 e. The quantitative estimate of drug-likeness (QED) is 0.402. The van der Waals surface area contributed by atoms with Gasteiger partial charge in [-0.15, -0.1) is 11.3 Å². The van der Waals surface area contributed by atoms with Crippen molar-refractivity contribution in [1.82, 2.24) is 15.5 Å². The van der Waals surface area contributed by atoms with E-state index in [1.54, 1.807) is 13.8 Å². The Morgan fingerprint density at radius 2 is 1.85 bits per heavy atom. The number of carbonyl (C=O) groups excluding carboxylic acids is 5. The maximum absolute atomic E-state index is 13.3. The van der Waals surface area contributed by atoms with Crippen LogP contribution in [0, 0.1) is 12.7 Å². The molecule has 2 aromatic rings. The van der Waals surface area contributed by atoms with E-state index in [4.69, 9.17) is 4.74 Å². The average molecular weight is 491 g/mol. The molecule has 1 unspecified atom stereocenters. The van der Waals surface area contributed by atoms with E-state index < -0.39 is 47.6 Å². The maximum Gasteiger partial charge on any atom is 0.341 e. The summed E-state index contributed by atoms with van der Waals surface area (Å²) in [7, 11) is 1.43. The zero-order chi connectivity index (χ0) is 25.2. The summed E-state index contributed by atoms with van der Waals surface area (Å²) in [5, 5.41) is 7.56. The van der Waals surface area contributed by atoms with Crippen molar-refractivity contribution >= 4 is 46.1 Å². The van der Waals surface area contributed by atoms with Crippen molar-refractivity contribution < 1.29 is 33.1 Å². The molecular weight excluding hydrogens is 467 g/mol. The van der Waals surface area contributed by atoms with Crippen LogP contribution in [-0.2, 0) is 19.9 Å². The maximum atomic E-state index is 13.3. The van der Waals surface area contributed by atoms with E-state index in [9.17, 15) is 28.4 Å². The number of anilines is 1. The molecule has 3 N–H and O–H groups in total. The number of urea groups is 1. The average Bonchev–Trinajstić information content (AvgIpc) is 3.22. The summed E-state index contributed by atoms with van der Waals surface area (Å²) in [5.41, 5.74) is -0.777. The van der Waals surface area contributed by atoms with Gasteiger partial charge >= 0.3 is 12.0 Å². The van der Waals surface area contributed by atoms with Crippen LogP contribution in [0.4, 0.5) is 14.2 Å².